The molecule has 0 bridgehead atoms. The number of benzene rings is 2. The van der Waals surface area contributed by atoms with E-state index in [1.807, 2.05) is 36.4 Å². The van der Waals surface area contributed by atoms with Crippen molar-refractivity contribution in [3.63, 3.8) is 0 Å². The van der Waals surface area contributed by atoms with E-state index in [0.29, 0.717) is 0 Å². The zero-order chi connectivity index (χ0) is 15.6. The number of rotatable bonds is 3. The quantitative estimate of drug-likeness (QED) is 0.593. The van der Waals surface area contributed by atoms with Crippen LogP contribution in [0.25, 0.3) is 0 Å². The molecule has 2 aromatic carbocycles. The Bertz CT molecular complexity index is 828. The standard InChI is InChI=1S/C19H15ClN2S/c20-16-6-4-5-14(11-16)18-12-19(15-9-10-23-13-15)22(21-18)17-7-2-1-3-8-17/h1-11,13,19H,12H2. The van der Waals surface area contributed by atoms with Crippen molar-refractivity contribution in [3.8, 4) is 0 Å². The second-order valence-electron chi connectivity index (χ2n) is 5.51. The van der Waals surface area contributed by atoms with Crippen molar-refractivity contribution in [3.05, 3.63) is 87.6 Å². The molecular formula is C19H15ClN2S. The summed E-state index contributed by atoms with van der Waals surface area (Å²) in [5, 5.41) is 12.1. The van der Waals surface area contributed by atoms with Gasteiger partial charge in [0.2, 0.25) is 0 Å². The van der Waals surface area contributed by atoms with E-state index in [0.717, 1.165) is 28.4 Å². The van der Waals surface area contributed by atoms with E-state index in [-0.39, 0.29) is 6.04 Å². The van der Waals surface area contributed by atoms with Crippen LogP contribution >= 0.6 is 22.9 Å². The fourth-order valence-corrected chi connectivity index (χ4v) is 3.79. The molecule has 1 aliphatic heterocycles. The van der Waals surface area contributed by atoms with Gasteiger partial charge >= 0.3 is 0 Å². The first-order chi connectivity index (χ1) is 11.3. The monoisotopic (exact) mass is 338 g/mol. The summed E-state index contributed by atoms with van der Waals surface area (Å²) in [6, 6.07) is 20.7. The lowest BCUT2D eigenvalue weighted by Crippen LogP contribution is -2.17. The molecule has 4 heteroatoms. The molecule has 4 rings (SSSR count). The molecule has 114 valence electrons. The highest BCUT2D eigenvalue weighted by Gasteiger charge is 2.30. The SMILES string of the molecule is Clc1cccc(C2=NN(c3ccccc3)C(c3ccsc3)C2)c1. The number of thiophene rings is 1. The minimum absolute atomic E-state index is 0.234. The van der Waals surface area contributed by atoms with Crippen LogP contribution in [0.4, 0.5) is 5.69 Å². The Morgan fingerprint density at radius 2 is 1.91 bits per heavy atom. The highest BCUT2D eigenvalue weighted by Crippen LogP contribution is 2.37. The molecule has 0 saturated heterocycles. The van der Waals surface area contributed by atoms with Gasteiger partial charge in [0.25, 0.3) is 0 Å². The number of para-hydroxylation sites is 1. The van der Waals surface area contributed by atoms with Crippen molar-refractivity contribution in [1.29, 1.82) is 0 Å². The fraction of sp³-hybridized carbons (Fsp3) is 0.105. The number of halogens is 1. The molecule has 0 saturated carbocycles. The third-order valence-electron chi connectivity index (χ3n) is 4.02. The molecule has 1 atom stereocenters. The van der Waals surface area contributed by atoms with Crippen molar-refractivity contribution >= 4 is 34.3 Å². The van der Waals surface area contributed by atoms with Crippen LogP contribution in [-0.4, -0.2) is 5.71 Å². The van der Waals surface area contributed by atoms with Gasteiger partial charge in [0, 0.05) is 11.4 Å². The van der Waals surface area contributed by atoms with E-state index < -0.39 is 0 Å². The highest BCUT2D eigenvalue weighted by atomic mass is 35.5. The van der Waals surface area contributed by atoms with Gasteiger partial charge in [-0.25, -0.2) is 0 Å². The Hall–Kier alpha value is -2.10. The van der Waals surface area contributed by atoms with Gasteiger partial charge in [0.15, 0.2) is 0 Å². The second-order valence-corrected chi connectivity index (χ2v) is 6.73. The van der Waals surface area contributed by atoms with Gasteiger partial charge in [-0.05, 0) is 52.2 Å². The molecule has 0 amide bonds. The molecule has 1 aliphatic rings. The van der Waals surface area contributed by atoms with Crippen LogP contribution in [0.1, 0.15) is 23.6 Å². The van der Waals surface area contributed by atoms with Crippen molar-refractivity contribution in [2.45, 2.75) is 12.5 Å². The predicted molar refractivity (Wildman–Crippen MR) is 98.6 cm³/mol. The molecular weight excluding hydrogens is 324 g/mol. The maximum absolute atomic E-state index is 6.15. The van der Waals surface area contributed by atoms with E-state index in [9.17, 15) is 0 Å². The third-order valence-corrected chi connectivity index (χ3v) is 4.95. The molecule has 3 aromatic rings. The normalized spacial score (nSPS) is 17.3. The molecule has 1 unspecified atom stereocenters. The maximum atomic E-state index is 6.15. The largest absolute Gasteiger partial charge is 0.257 e. The third kappa shape index (κ3) is 2.90. The topological polar surface area (TPSA) is 15.6 Å². The lowest BCUT2D eigenvalue weighted by Gasteiger charge is -2.22. The van der Waals surface area contributed by atoms with Crippen molar-refractivity contribution in [1.82, 2.24) is 0 Å². The summed E-state index contributed by atoms with van der Waals surface area (Å²) >= 11 is 7.87. The summed E-state index contributed by atoms with van der Waals surface area (Å²) in [4.78, 5) is 0. The van der Waals surface area contributed by atoms with Crippen LogP contribution in [0.5, 0.6) is 0 Å². The Morgan fingerprint density at radius 3 is 2.65 bits per heavy atom. The van der Waals surface area contributed by atoms with Crippen molar-refractivity contribution < 1.29 is 0 Å². The van der Waals surface area contributed by atoms with Gasteiger partial charge < -0.3 is 0 Å². The van der Waals surface area contributed by atoms with Gasteiger partial charge in [-0.1, -0.05) is 41.9 Å². The second kappa shape index (κ2) is 6.19. The van der Waals surface area contributed by atoms with E-state index >= 15 is 0 Å². The summed E-state index contributed by atoms with van der Waals surface area (Å²) in [6.45, 7) is 0. The average Bonchev–Trinajstić information content (AvgIpc) is 3.25. The first kappa shape index (κ1) is 14.5. The fourth-order valence-electron chi connectivity index (χ4n) is 2.90. The summed E-state index contributed by atoms with van der Waals surface area (Å²) in [6.07, 6.45) is 0.881. The summed E-state index contributed by atoms with van der Waals surface area (Å²) in [5.74, 6) is 0. The Labute approximate surface area is 144 Å². The van der Waals surface area contributed by atoms with Gasteiger partial charge in [0.05, 0.1) is 17.4 Å². The Morgan fingerprint density at radius 1 is 1.04 bits per heavy atom. The lowest BCUT2D eigenvalue weighted by atomic mass is 10.0. The van der Waals surface area contributed by atoms with E-state index in [1.54, 1.807) is 11.3 Å². The van der Waals surface area contributed by atoms with Crippen LogP contribution in [0.15, 0.2) is 76.5 Å². The van der Waals surface area contributed by atoms with Crippen LogP contribution < -0.4 is 5.01 Å². The summed E-state index contributed by atoms with van der Waals surface area (Å²) < 4.78 is 0. The molecule has 2 heterocycles. The minimum atomic E-state index is 0.234. The molecule has 2 nitrogen and oxygen atoms in total. The van der Waals surface area contributed by atoms with Gasteiger partial charge in [-0.2, -0.15) is 16.4 Å². The van der Waals surface area contributed by atoms with E-state index in [2.05, 4.69) is 40.0 Å². The lowest BCUT2D eigenvalue weighted by molar-refractivity contribution is 0.712. The van der Waals surface area contributed by atoms with E-state index in [4.69, 9.17) is 16.7 Å². The smallest absolute Gasteiger partial charge is 0.0839 e. The van der Waals surface area contributed by atoms with Gasteiger partial charge in [0.1, 0.15) is 0 Å². The Balaban J connectivity index is 1.75. The summed E-state index contributed by atoms with van der Waals surface area (Å²) in [7, 11) is 0. The average molecular weight is 339 g/mol. The molecule has 0 fully saturated rings. The molecule has 1 aromatic heterocycles. The van der Waals surface area contributed by atoms with Crippen LogP contribution in [0.3, 0.4) is 0 Å². The zero-order valence-electron chi connectivity index (χ0n) is 12.4. The Kier molecular flexibility index (Phi) is 3.90. The highest BCUT2D eigenvalue weighted by molar-refractivity contribution is 7.08. The van der Waals surface area contributed by atoms with Crippen molar-refractivity contribution in [2.24, 2.45) is 5.10 Å². The number of nitrogens with zero attached hydrogens (tertiary/aromatic N) is 2. The first-order valence-electron chi connectivity index (χ1n) is 7.51. The van der Waals surface area contributed by atoms with E-state index in [1.165, 1.54) is 5.56 Å². The number of hydrazone groups is 1. The van der Waals surface area contributed by atoms with Crippen LogP contribution in [-0.2, 0) is 0 Å². The molecule has 0 aliphatic carbocycles. The van der Waals surface area contributed by atoms with Crippen LogP contribution in [0, 0.1) is 0 Å². The zero-order valence-corrected chi connectivity index (χ0v) is 14.0. The molecule has 0 spiro atoms. The molecule has 0 radical (unpaired) electrons. The summed E-state index contributed by atoms with van der Waals surface area (Å²) in [5.41, 5.74) is 4.59. The molecule has 23 heavy (non-hydrogen) atoms. The minimum Gasteiger partial charge on any atom is -0.257 e. The van der Waals surface area contributed by atoms with Crippen molar-refractivity contribution in [2.75, 3.05) is 5.01 Å². The maximum Gasteiger partial charge on any atom is 0.0839 e. The predicted octanol–water partition coefficient (Wildman–Crippen LogP) is 5.76. The van der Waals surface area contributed by atoms with Crippen LogP contribution in [0.2, 0.25) is 5.02 Å². The van der Waals surface area contributed by atoms with Gasteiger partial charge in [-0.3, -0.25) is 5.01 Å². The molecule has 0 N–H and O–H groups in total. The number of anilines is 1. The number of hydrogen-bond donors (Lipinski definition) is 0. The number of hydrogen-bond acceptors (Lipinski definition) is 3. The first-order valence-corrected chi connectivity index (χ1v) is 8.83. The van der Waals surface area contributed by atoms with Gasteiger partial charge in [-0.15, -0.1) is 0 Å².